The molecule has 2 aromatic rings. The summed E-state index contributed by atoms with van der Waals surface area (Å²) in [7, 11) is 0. The molecule has 4 rings (SSSR count). The van der Waals surface area contributed by atoms with Crippen LogP contribution in [-0.2, 0) is 0 Å². The molecule has 1 spiro atoms. The number of rotatable bonds is 4. The monoisotopic (exact) mass is 415 g/mol. The Morgan fingerprint density at radius 1 is 1.07 bits per heavy atom. The number of nitrogens with one attached hydrogen (secondary N) is 1. The van der Waals surface area contributed by atoms with Crippen molar-refractivity contribution >= 4 is 11.7 Å². The van der Waals surface area contributed by atoms with Crippen molar-refractivity contribution in [2.45, 2.75) is 18.9 Å². The van der Waals surface area contributed by atoms with E-state index in [1.807, 2.05) is 18.2 Å². The van der Waals surface area contributed by atoms with Crippen molar-refractivity contribution in [3.05, 3.63) is 78.1 Å². The van der Waals surface area contributed by atoms with Gasteiger partial charge in [0.05, 0.1) is 0 Å². The minimum Gasteiger partial charge on any atom is -0.324 e. The van der Waals surface area contributed by atoms with E-state index < -0.39 is 11.6 Å². The zero-order chi connectivity index (χ0) is 21.3. The summed E-state index contributed by atoms with van der Waals surface area (Å²) in [6, 6.07) is 9.35. The Morgan fingerprint density at radius 3 is 2.30 bits per heavy atom. The van der Waals surface area contributed by atoms with Crippen molar-refractivity contribution in [3.8, 4) is 0 Å². The quantitative estimate of drug-likeness (QED) is 0.717. The van der Waals surface area contributed by atoms with Gasteiger partial charge in [0.1, 0.15) is 17.5 Å². The van der Waals surface area contributed by atoms with Gasteiger partial charge in [0.15, 0.2) is 0 Å². The zero-order valence-electron chi connectivity index (χ0n) is 16.6. The van der Waals surface area contributed by atoms with Gasteiger partial charge in [-0.25, -0.2) is 18.0 Å². The molecule has 2 aromatic carbocycles. The molecule has 2 heterocycles. The van der Waals surface area contributed by atoms with E-state index in [-0.39, 0.29) is 29.0 Å². The number of halogens is 3. The van der Waals surface area contributed by atoms with Crippen LogP contribution in [-0.4, -0.2) is 42.0 Å². The summed E-state index contributed by atoms with van der Waals surface area (Å²) >= 11 is 0. The van der Waals surface area contributed by atoms with Crippen molar-refractivity contribution in [1.82, 2.24) is 9.80 Å². The second-order valence-corrected chi connectivity index (χ2v) is 8.11. The second kappa shape index (κ2) is 8.14. The van der Waals surface area contributed by atoms with Crippen LogP contribution in [0.5, 0.6) is 0 Å². The highest BCUT2D eigenvalue weighted by atomic mass is 19.1. The van der Waals surface area contributed by atoms with Gasteiger partial charge in [0.2, 0.25) is 0 Å². The number of amides is 2. The van der Waals surface area contributed by atoms with E-state index in [2.05, 4.69) is 16.8 Å². The third-order valence-corrected chi connectivity index (χ3v) is 6.17. The number of benzene rings is 2. The predicted octanol–water partition coefficient (Wildman–Crippen LogP) is 4.96. The van der Waals surface area contributed by atoms with Gasteiger partial charge < -0.3 is 10.2 Å². The summed E-state index contributed by atoms with van der Waals surface area (Å²) in [6.45, 7) is 6.56. The van der Waals surface area contributed by atoms with E-state index in [0.29, 0.717) is 13.1 Å². The summed E-state index contributed by atoms with van der Waals surface area (Å²) < 4.78 is 40.1. The summed E-state index contributed by atoms with van der Waals surface area (Å²) in [4.78, 5) is 16.6. The molecule has 2 aliphatic rings. The van der Waals surface area contributed by atoms with E-state index in [1.165, 1.54) is 12.1 Å². The zero-order valence-corrected chi connectivity index (χ0v) is 16.6. The number of hydrogen-bond acceptors (Lipinski definition) is 2. The largest absolute Gasteiger partial charge is 0.324 e. The molecule has 2 amide bonds. The van der Waals surface area contributed by atoms with Crippen LogP contribution in [0.4, 0.5) is 23.7 Å². The van der Waals surface area contributed by atoms with Crippen LogP contribution in [0.1, 0.15) is 24.4 Å². The number of urea groups is 1. The van der Waals surface area contributed by atoms with Gasteiger partial charge in [0.25, 0.3) is 0 Å². The summed E-state index contributed by atoms with van der Waals surface area (Å²) in [5, 5.41) is 2.58. The van der Waals surface area contributed by atoms with Gasteiger partial charge in [-0.3, -0.25) is 4.90 Å². The Morgan fingerprint density at radius 2 is 1.70 bits per heavy atom. The first kappa shape index (κ1) is 20.5. The van der Waals surface area contributed by atoms with E-state index in [9.17, 15) is 18.0 Å². The molecule has 2 aliphatic heterocycles. The van der Waals surface area contributed by atoms with Gasteiger partial charge in [-0.1, -0.05) is 18.2 Å². The molecular formula is C23H24F3N3O. The van der Waals surface area contributed by atoms with Crippen LogP contribution in [0.25, 0.3) is 0 Å². The highest BCUT2D eigenvalue weighted by molar-refractivity contribution is 5.89. The van der Waals surface area contributed by atoms with Crippen LogP contribution < -0.4 is 5.32 Å². The lowest BCUT2D eigenvalue weighted by Crippen LogP contribution is -2.62. The fourth-order valence-electron chi connectivity index (χ4n) is 4.82. The van der Waals surface area contributed by atoms with Crippen molar-refractivity contribution in [1.29, 1.82) is 0 Å². The highest BCUT2D eigenvalue weighted by Gasteiger charge is 2.53. The van der Waals surface area contributed by atoms with Crippen molar-refractivity contribution in [2.75, 3.05) is 31.5 Å². The predicted molar refractivity (Wildman–Crippen MR) is 110 cm³/mol. The molecule has 158 valence electrons. The third kappa shape index (κ3) is 3.94. The Kier molecular flexibility index (Phi) is 5.56. The average molecular weight is 415 g/mol. The molecule has 7 heteroatoms. The lowest BCUT2D eigenvalue weighted by molar-refractivity contribution is -0.100. The van der Waals surface area contributed by atoms with Gasteiger partial charge in [-0.15, -0.1) is 6.58 Å². The molecule has 2 fully saturated rings. The maximum Gasteiger partial charge on any atom is 0.321 e. The summed E-state index contributed by atoms with van der Waals surface area (Å²) in [6.07, 6.45) is 3.46. The third-order valence-electron chi connectivity index (χ3n) is 6.17. The van der Waals surface area contributed by atoms with Crippen LogP contribution in [0.15, 0.2) is 55.1 Å². The van der Waals surface area contributed by atoms with Crippen molar-refractivity contribution < 1.29 is 18.0 Å². The molecule has 0 aliphatic carbocycles. The molecule has 1 atom stereocenters. The van der Waals surface area contributed by atoms with Gasteiger partial charge >= 0.3 is 6.03 Å². The SMILES string of the molecule is C=CCN1CC2(CCN(C(=O)Nc3cc(F)cc(F)c3)CC2)C1c1ccc(F)cc1. The number of carbonyl (C=O) groups excluding carboxylic acids is 1. The smallest absolute Gasteiger partial charge is 0.321 e. The lowest BCUT2D eigenvalue weighted by atomic mass is 9.63. The Bertz CT molecular complexity index is 919. The Hall–Kier alpha value is -2.80. The minimum absolute atomic E-state index is 0.0165. The van der Waals surface area contributed by atoms with E-state index in [1.54, 1.807) is 4.90 Å². The molecule has 4 nitrogen and oxygen atoms in total. The first-order valence-corrected chi connectivity index (χ1v) is 10.0. The molecule has 0 radical (unpaired) electrons. The average Bonchev–Trinajstić information content (AvgIpc) is 2.69. The highest BCUT2D eigenvalue weighted by Crippen LogP contribution is 2.54. The number of hydrogen-bond donors (Lipinski definition) is 1. The lowest BCUT2D eigenvalue weighted by Gasteiger charge is -2.60. The van der Waals surface area contributed by atoms with E-state index in [4.69, 9.17) is 0 Å². The van der Waals surface area contributed by atoms with E-state index in [0.717, 1.165) is 49.7 Å². The van der Waals surface area contributed by atoms with Crippen LogP contribution in [0.3, 0.4) is 0 Å². The van der Waals surface area contributed by atoms with Crippen molar-refractivity contribution in [2.24, 2.45) is 5.41 Å². The normalized spacial score (nSPS) is 20.6. The van der Waals surface area contributed by atoms with Crippen LogP contribution >= 0.6 is 0 Å². The Labute approximate surface area is 174 Å². The standard InChI is InChI=1S/C23H24F3N3O/c1-2-9-29-15-23(21(29)16-3-5-17(24)6-4-16)7-10-28(11-8-23)22(30)27-20-13-18(25)12-19(26)14-20/h2-6,12-14,21H,1,7-11,15H2,(H,27,30). The maximum absolute atomic E-state index is 13.4. The van der Waals surface area contributed by atoms with Gasteiger partial charge in [-0.05, 0) is 42.7 Å². The fourth-order valence-corrected chi connectivity index (χ4v) is 4.82. The molecule has 1 unspecified atom stereocenters. The van der Waals surface area contributed by atoms with E-state index >= 15 is 0 Å². The molecule has 2 saturated heterocycles. The molecule has 30 heavy (non-hydrogen) atoms. The molecule has 0 aromatic heterocycles. The van der Waals surface area contributed by atoms with Gasteiger partial charge in [0, 0.05) is 49.4 Å². The number of piperidine rings is 1. The molecular weight excluding hydrogens is 391 g/mol. The first-order valence-electron chi connectivity index (χ1n) is 10.0. The molecule has 0 saturated carbocycles. The Balaban J connectivity index is 1.43. The maximum atomic E-state index is 13.4. The fraction of sp³-hybridized carbons (Fsp3) is 0.348. The minimum atomic E-state index is -0.734. The number of likely N-dealkylation sites (tertiary alicyclic amines) is 2. The molecule has 0 bridgehead atoms. The first-order chi connectivity index (χ1) is 14.4. The number of anilines is 1. The number of nitrogens with zero attached hydrogens (tertiary/aromatic N) is 2. The summed E-state index contributed by atoms with van der Waals surface area (Å²) in [5.41, 5.74) is 1.18. The summed E-state index contributed by atoms with van der Waals surface area (Å²) in [5.74, 6) is -1.73. The van der Waals surface area contributed by atoms with Crippen molar-refractivity contribution in [3.63, 3.8) is 0 Å². The molecule has 1 N–H and O–H groups in total. The van der Waals surface area contributed by atoms with Crippen LogP contribution in [0.2, 0.25) is 0 Å². The van der Waals surface area contributed by atoms with Crippen LogP contribution in [0, 0.1) is 22.9 Å². The number of carbonyl (C=O) groups is 1. The second-order valence-electron chi connectivity index (χ2n) is 8.11. The topological polar surface area (TPSA) is 35.6 Å². The van der Waals surface area contributed by atoms with Gasteiger partial charge in [-0.2, -0.15) is 0 Å².